The molecule has 5 rings (SSSR count). The molecule has 0 bridgehead atoms. The van der Waals surface area contributed by atoms with Crippen molar-refractivity contribution < 1.29 is 29.8 Å². The molecule has 8 heteroatoms. The molecule has 0 fully saturated rings. The van der Waals surface area contributed by atoms with Crippen molar-refractivity contribution in [3.8, 4) is 17.2 Å². The lowest BCUT2D eigenvalue weighted by Gasteiger charge is -2.33. The smallest absolute Gasteiger partial charge is 0.338 e. The number of rotatable bonds is 5. The van der Waals surface area contributed by atoms with Crippen molar-refractivity contribution in [2.75, 3.05) is 0 Å². The van der Waals surface area contributed by atoms with Crippen LogP contribution in [0.5, 0.6) is 17.2 Å². The average molecular weight is 515 g/mol. The van der Waals surface area contributed by atoms with Gasteiger partial charge in [0.05, 0.1) is 5.56 Å². The zero-order valence-electron chi connectivity index (χ0n) is 19.5. The Labute approximate surface area is 218 Å². The van der Waals surface area contributed by atoms with Gasteiger partial charge >= 0.3 is 5.97 Å². The summed E-state index contributed by atoms with van der Waals surface area (Å²) in [5.41, 5.74) is 2.06. The number of hydrogen-bond donors (Lipinski definition) is 4. The van der Waals surface area contributed by atoms with Crippen molar-refractivity contribution in [1.29, 1.82) is 0 Å². The predicted octanol–water partition coefficient (Wildman–Crippen LogP) is 4.67. The summed E-state index contributed by atoms with van der Waals surface area (Å²) in [5.74, 6) is -3.62. The molecule has 5 aromatic rings. The Balaban J connectivity index is 0.000000225. The third-order valence-corrected chi connectivity index (χ3v) is 6.19. The first-order chi connectivity index (χ1) is 17.9. The standard InChI is InChI=1S/C22H17ClN2.C7H6O5/c23-21-14-8-7-13-20(21)22(25-16-15-24-17-25,18-9-3-1-4-10-18)19-11-5-2-6-12-19;8-3-1-4(9)6(7(11)12)5(10)2-3/h1-17H;1-2,8-10H,(H,11,12). The monoisotopic (exact) mass is 514 g/mol. The summed E-state index contributed by atoms with van der Waals surface area (Å²) < 4.78 is 2.18. The number of carbonyl (C=O) groups is 1. The van der Waals surface area contributed by atoms with Crippen molar-refractivity contribution in [3.63, 3.8) is 0 Å². The fraction of sp³-hybridized carbons (Fsp3) is 0.0345. The third-order valence-electron chi connectivity index (χ3n) is 5.86. The number of halogens is 1. The van der Waals surface area contributed by atoms with Crippen molar-refractivity contribution in [2.45, 2.75) is 5.54 Å². The Kier molecular flexibility index (Phi) is 7.46. The maximum Gasteiger partial charge on any atom is 0.338 e. The van der Waals surface area contributed by atoms with Crippen molar-refractivity contribution in [1.82, 2.24) is 4.98 Å². The number of benzene rings is 4. The van der Waals surface area contributed by atoms with Gasteiger partial charge in [-0.25, -0.2) is 9.36 Å². The zero-order valence-corrected chi connectivity index (χ0v) is 20.2. The normalized spacial score (nSPS) is 10.8. The molecule has 1 aromatic heterocycles. The largest absolute Gasteiger partial charge is 0.872 e. The molecule has 0 unspecified atom stereocenters. The average Bonchev–Trinajstić information content (AvgIpc) is 3.42. The number of nitrogens with one attached hydrogen (secondary N) is 1. The summed E-state index contributed by atoms with van der Waals surface area (Å²) in [6.07, 6.45) is 5.95. The lowest BCUT2D eigenvalue weighted by atomic mass is 9.76. The summed E-state index contributed by atoms with van der Waals surface area (Å²) >= 11 is 6.70. The van der Waals surface area contributed by atoms with Crippen LogP contribution in [0.1, 0.15) is 27.0 Å². The number of carboxylic acid groups (broad SMARTS) is 1. The molecule has 4 aromatic carbocycles. The van der Waals surface area contributed by atoms with E-state index in [0.717, 1.165) is 33.8 Å². The number of phenols is 2. The molecule has 0 saturated carbocycles. The predicted molar refractivity (Wildman–Crippen MR) is 137 cm³/mol. The molecule has 0 atom stereocenters. The molecule has 1 heterocycles. The van der Waals surface area contributed by atoms with Gasteiger partial charge in [0.25, 0.3) is 0 Å². The molecule has 0 saturated heterocycles. The SMILES string of the molecule is Clc1ccccc1C(c1ccccc1)(c1ccccc1)[n+]1cc[nH]c1.O=C(O)c1c([O-])cc(O)cc1O. The Hall–Kier alpha value is -4.75. The van der Waals surface area contributed by atoms with Gasteiger partial charge in [-0.05, 0) is 12.1 Å². The minimum atomic E-state index is -1.52. The van der Waals surface area contributed by atoms with E-state index in [1.54, 1.807) is 0 Å². The van der Waals surface area contributed by atoms with Gasteiger partial charge < -0.3 is 20.4 Å². The van der Waals surface area contributed by atoms with Gasteiger partial charge in [-0.1, -0.05) is 96.2 Å². The summed E-state index contributed by atoms with van der Waals surface area (Å²) in [7, 11) is 0. The summed E-state index contributed by atoms with van der Waals surface area (Å²) in [4.78, 5) is 13.5. The number of H-pyrrole nitrogens is 1. The highest BCUT2D eigenvalue weighted by molar-refractivity contribution is 6.31. The van der Waals surface area contributed by atoms with Crippen LogP contribution < -0.4 is 9.67 Å². The number of nitrogens with zero attached hydrogens (tertiary/aromatic N) is 1. The second-order valence-corrected chi connectivity index (χ2v) is 8.49. The van der Waals surface area contributed by atoms with Crippen LogP contribution >= 0.6 is 11.6 Å². The van der Waals surface area contributed by atoms with E-state index in [-0.39, 0.29) is 0 Å². The van der Waals surface area contributed by atoms with E-state index in [4.69, 9.17) is 26.9 Å². The Morgan fingerprint density at radius 3 is 1.92 bits per heavy atom. The van der Waals surface area contributed by atoms with Crippen LogP contribution in [-0.2, 0) is 5.54 Å². The lowest BCUT2D eigenvalue weighted by Crippen LogP contribution is -2.57. The van der Waals surface area contributed by atoms with E-state index in [1.807, 2.05) is 49.1 Å². The summed E-state index contributed by atoms with van der Waals surface area (Å²) in [6.45, 7) is 0. The molecule has 0 spiro atoms. The number of imidazole rings is 1. The number of phenolic OH excluding ortho intramolecular Hbond substituents is 1. The highest BCUT2D eigenvalue weighted by Gasteiger charge is 2.43. The van der Waals surface area contributed by atoms with Crippen molar-refractivity contribution in [3.05, 3.63) is 143 Å². The molecule has 4 N–H and O–H groups in total. The van der Waals surface area contributed by atoms with Crippen LogP contribution in [0, 0.1) is 0 Å². The van der Waals surface area contributed by atoms with E-state index >= 15 is 0 Å². The van der Waals surface area contributed by atoms with Gasteiger partial charge in [-0.15, -0.1) is 0 Å². The first-order valence-electron chi connectivity index (χ1n) is 11.2. The Morgan fingerprint density at radius 1 is 0.865 bits per heavy atom. The molecule has 0 aliphatic rings. The van der Waals surface area contributed by atoms with Gasteiger partial charge in [0.1, 0.15) is 23.9 Å². The minimum Gasteiger partial charge on any atom is -0.872 e. The van der Waals surface area contributed by atoms with Crippen molar-refractivity contribution >= 4 is 17.6 Å². The number of hydrogen-bond acceptors (Lipinski definition) is 4. The molecule has 37 heavy (non-hydrogen) atoms. The number of aromatic amines is 1. The number of aromatic carboxylic acids is 1. The van der Waals surface area contributed by atoms with Crippen molar-refractivity contribution in [2.24, 2.45) is 0 Å². The fourth-order valence-corrected chi connectivity index (χ4v) is 4.60. The highest BCUT2D eigenvalue weighted by Crippen LogP contribution is 2.39. The topological polar surface area (TPSA) is 120 Å². The lowest BCUT2D eigenvalue weighted by molar-refractivity contribution is -0.733. The second-order valence-electron chi connectivity index (χ2n) is 8.08. The minimum absolute atomic E-state index is 0.456. The van der Waals surface area contributed by atoms with Crippen LogP contribution in [0.3, 0.4) is 0 Å². The van der Waals surface area contributed by atoms with E-state index < -0.39 is 34.3 Å². The molecule has 0 aliphatic heterocycles. The summed E-state index contributed by atoms with van der Waals surface area (Å²) in [6, 6.07) is 30.5. The van der Waals surface area contributed by atoms with Gasteiger partial charge in [-0.3, -0.25) is 4.98 Å². The van der Waals surface area contributed by atoms with Crippen LogP contribution in [0.4, 0.5) is 0 Å². The van der Waals surface area contributed by atoms with Gasteiger partial charge in [0, 0.05) is 27.8 Å². The van der Waals surface area contributed by atoms with Gasteiger partial charge in [0.15, 0.2) is 5.54 Å². The summed E-state index contributed by atoms with van der Waals surface area (Å²) in [5, 5.41) is 37.6. The molecule has 7 nitrogen and oxygen atoms in total. The maximum atomic E-state index is 10.8. The molecular formula is C29H23ClN2O5. The maximum absolute atomic E-state index is 10.8. The Bertz CT molecular complexity index is 1430. The van der Waals surface area contributed by atoms with E-state index in [0.29, 0.717) is 0 Å². The van der Waals surface area contributed by atoms with Gasteiger partial charge in [-0.2, -0.15) is 0 Å². The third kappa shape index (κ3) is 4.98. The molecule has 186 valence electrons. The van der Waals surface area contributed by atoms with Crippen LogP contribution in [-0.4, -0.2) is 26.3 Å². The first kappa shape index (κ1) is 25.3. The van der Waals surface area contributed by atoms with Gasteiger partial charge in [0.2, 0.25) is 6.33 Å². The fourth-order valence-electron chi connectivity index (χ4n) is 4.33. The molecular weight excluding hydrogens is 492 g/mol. The quantitative estimate of drug-likeness (QED) is 0.201. The number of carboxylic acids is 1. The zero-order chi connectivity index (χ0) is 26.4. The Morgan fingerprint density at radius 2 is 1.43 bits per heavy atom. The molecule has 0 aliphatic carbocycles. The molecule has 0 radical (unpaired) electrons. The van der Waals surface area contributed by atoms with Crippen LogP contribution in [0.15, 0.2) is 116 Å². The first-order valence-corrected chi connectivity index (χ1v) is 11.6. The number of aromatic nitrogens is 2. The van der Waals surface area contributed by atoms with Crippen LogP contribution in [0.25, 0.3) is 0 Å². The second kappa shape index (κ2) is 10.9. The molecule has 0 amide bonds. The van der Waals surface area contributed by atoms with E-state index in [9.17, 15) is 9.90 Å². The van der Waals surface area contributed by atoms with Crippen LogP contribution in [0.2, 0.25) is 5.02 Å². The van der Waals surface area contributed by atoms with E-state index in [2.05, 4.69) is 64.1 Å². The van der Waals surface area contributed by atoms with E-state index in [1.165, 1.54) is 0 Å². The highest BCUT2D eigenvalue weighted by atomic mass is 35.5. The number of aromatic hydroxyl groups is 2.